The molecule has 0 saturated heterocycles. The fourth-order valence-electron chi connectivity index (χ4n) is 2.70. The number of rotatable bonds is 5. The second-order valence-electron chi connectivity index (χ2n) is 6.19. The number of nitrogens with zero attached hydrogens (tertiary/aromatic N) is 3. The molecule has 8 nitrogen and oxygen atoms in total. The molecule has 146 valence electrons. The third kappa shape index (κ3) is 3.54. The van der Waals surface area contributed by atoms with Crippen molar-refractivity contribution in [2.24, 2.45) is 0 Å². The average molecular weight is 400 g/mol. The minimum Gasteiger partial charge on any atom is -0.462 e. The molecule has 0 fully saturated rings. The largest absolute Gasteiger partial charge is 0.462 e. The molecule has 2 aromatic heterocycles. The molecule has 0 bridgehead atoms. The van der Waals surface area contributed by atoms with Gasteiger partial charge in [-0.2, -0.15) is 0 Å². The number of aromatic nitrogens is 2. The Balaban J connectivity index is 2.14. The third-order valence-corrected chi connectivity index (χ3v) is 5.98. The number of esters is 1. The zero-order valence-corrected chi connectivity index (χ0v) is 16.5. The van der Waals surface area contributed by atoms with Crippen molar-refractivity contribution in [3.8, 4) is 11.3 Å². The Morgan fingerprint density at radius 3 is 2.64 bits per heavy atom. The van der Waals surface area contributed by atoms with Crippen LogP contribution in [0, 0.1) is 0 Å². The van der Waals surface area contributed by atoms with E-state index in [0.717, 1.165) is 4.31 Å². The number of fused-ring (bicyclic) bond motifs is 1. The molecule has 0 unspecified atom stereocenters. The van der Waals surface area contributed by atoms with E-state index in [9.17, 15) is 13.2 Å². The maximum atomic E-state index is 12.4. The van der Waals surface area contributed by atoms with Gasteiger partial charge >= 0.3 is 5.97 Å². The van der Waals surface area contributed by atoms with E-state index in [4.69, 9.17) is 10.5 Å². The van der Waals surface area contributed by atoms with Gasteiger partial charge in [-0.15, -0.1) is 0 Å². The lowest BCUT2D eigenvalue weighted by molar-refractivity contribution is 0.0528. The third-order valence-electron chi connectivity index (χ3n) is 4.16. The smallest absolute Gasteiger partial charge is 0.340 e. The van der Waals surface area contributed by atoms with E-state index in [1.165, 1.54) is 26.4 Å². The molecule has 0 aliphatic carbocycles. The summed E-state index contributed by atoms with van der Waals surface area (Å²) in [6.45, 7) is 1.96. The first kappa shape index (κ1) is 19.7. The lowest BCUT2D eigenvalue weighted by Crippen LogP contribution is -2.22. The van der Waals surface area contributed by atoms with Crippen LogP contribution in [0.2, 0.25) is 0 Å². The minimum atomic E-state index is -3.58. The van der Waals surface area contributed by atoms with Crippen LogP contribution in [-0.4, -0.2) is 49.4 Å². The summed E-state index contributed by atoms with van der Waals surface area (Å²) < 4.78 is 31.0. The Morgan fingerprint density at radius 2 is 1.96 bits per heavy atom. The van der Waals surface area contributed by atoms with E-state index in [1.807, 2.05) is 0 Å². The molecule has 28 heavy (non-hydrogen) atoms. The van der Waals surface area contributed by atoms with E-state index < -0.39 is 16.0 Å². The molecule has 3 aromatic rings. The number of carbonyl (C=O) groups is 1. The van der Waals surface area contributed by atoms with Gasteiger partial charge in [-0.3, -0.25) is 0 Å². The summed E-state index contributed by atoms with van der Waals surface area (Å²) in [7, 11) is -0.631. The van der Waals surface area contributed by atoms with Crippen LogP contribution in [0.3, 0.4) is 0 Å². The van der Waals surface area contributed by atoms with Gasteiger partial charge in [0.1, 0.15) is 11.3 Å². The van der Waals surface area contributed by atoms with E-state index in [2.05, 4.69) is 9.97 Å². The van der Waals surface area contributed by atoms with Gasteiger partial charge in [0.15, 0.2) is 0 Å². The second kappa shape index (κ2) is 7.53. The van der Waals surface area contributed by atoms with Crippen LogP contribution < -0.4 is 5.73 Å². The number of ether oxygens (including phenoxy) is 1. The van der Waals surface area contributed by atoms with Crippen molar-refractivity contribution >= 4 is 32.7 Å². The zero-order valence-electron chi connectivity index (χ0n) is 15.7. The van der Waals surface area contributed by atoms with Crippen molar-refractivity contribution < 1.29 is 17.9 Å². The maximum absolute atomic E-state index is 12.4. The first-order valence-corrected chi connectivity index (χ1v) is 9.95. The van der Waals surface area contributed by atoms with Gasteiger partial charge in [0, 0.05) is 31.2 Å². The summed E-state index contributed by atoms with van der Waals surface area (Å²) in [6.07, 6.45) is 1.36. The van der Waals surface area contributed by atoms with Crippen molar-refractivity contribution in [3.63, 3.8) is 0 Å². The lowest BCUT2D eigenvalue weighted by Gasteiger charge is -2.13. The molecule has 1 aromatic carbocycles. The predicted molar refractivity (Wildman–Crippen MR) is 106 cm³/mol. The summed E-state index contributed by atoms with van der Waals surface area (Å²) in [6, 6.07) is 9.87. The number of sulfonamides is 1. The summed E-state index contributed by atoms with van der Waals surface area (Å²) in [5, 5.41) is 0.520. The number of hydrogen-bond acceptors (Lipinski definition) is 7. The van der Waals surface area contributed by atoms with Crippen LogP contribution >= 0.6 is 0 Å². The van der Waals surface area contributed by atoms with Gasteiger partial charge in [-0.05, 0) is 31.2 Å². The first-order chi connectivity index (χ1) is 13.3. The molecule has 2 heterocycles. The molecule has 0 spiro atoms. The Hall–Kier alpha value is -3.04. The van der Waals surface area contributed by atoms with Gasteiger partial charge in [-0.25, -0.2) is 27.5 Å². The van der Waals surface area contributed by atoms with Gasteiger partial charge in [0.2, 0.25) is 10.0 Å². The molecule has 0 amide bonds. The Kier molecular flexibility index (Phi) is 5.30. The molecule has 3 rings (SSSR count). The molecule has 0 atom stereocenters. The SMILES string of the molecule is CCOC(=O)c1cnc(N)c2nc(-c3cccc(S(=O)(=O)N(C)C)c3)ccc12. The van der Waals surface area contributed by atoms with Crippen molar-refractivity contribution in [3.05, 3.63) is 48.2 Å². The Labute approximate surface area is 163 Å². The highest BCUT2D eigenvalue weighted by molar-refractivity contribution is 7.89. The molecular formula is C19H20N4O4S. The Morgan fingerprint density at radius 1 is 1.21 bits per heavy atom. The molecule has 0 radical (unpaired) electrons. The molecule has 0 aliphatic heterocycles. The van der Waals surface area contributed by atoms with E-state index >= 15 is 0 Å². The van der Waals surface area contributed by atoms with Crippen molar-refractivity contribution in [2.75, 3.05) is 26.4 Å². The Bertz CT molecular complexity index is 1160. The zero-order chi connectivity index (χ0) is 20.5. The highest BCUT2D eigenvalue weighted by Crippen LogP contribution is 2.27. The van der Waals surface area contributed by atoms with E-state index in [0.29, 0.717) is 22.2 Å². The molecule has 9 heteroatoms. The number of pyridine rings is 2. The number of anilines is 1. The first-order valence-electron chi connectivity index (χ1n) is 8.51. The van der Waals surface area contributed by atoms with Crippen LogP contribution in [0.15, 0.2) is 47.5 Å². The van der Waals surface area contributed by atoms with Crippen LogP contribution in [0.25, 0.3) is 22.2 Å². The van der Waals surface area contributed by atoms with Crippen molar-refractivity contribution in [2.45, 2.75) is 11.8 Å². The summed E-state index contributed by atoms with van der Waals surface area (Å²) in [4.78, 5) is 20.8. The normalized spacial score (nSPS) is 11.7. The van der Waals surface area contributed by atoms with Crippen LogP contribution in [0.5, 0.6) is 0 Å². The van der Waals surface area contributed by atoms with Crippen LogP contribution in [-0.2, 0) is 14.8 Å². The number of nitrogens with two attached hydrogens (primary N) is 1. The van der Waals surface area contributed by atoms with Crippen molar-refractivity contribution in [1.82, 2.24) is 14.3 Å². The molecular weight excluding hydrogens is 380 g/mol. The maximum Gasteiger partial charge on any atom is 0.340 e. The minimum absolute atomic E-state index is 0.156. The number of hydrogen-bond donors (Lipinski definition) is 1. The van der Waals surface area contributed by atoms with Crippen molar-refractivity contribution in [1.29, 1.82) is 0 Å². The predicted octanol–water partition coefficient (Wildman–Crippen LogP) is 2.31. The molecule has 2 N–H and O–H groups in total. The lowest BCUT2D eigenvalue weighted by atomic mass is 10.1. The van der Waals surface area contributed by atoms with E-state index in [1.54, 1.807) is 37.3 Å². The summed E-state index contributed by atoms with van der Waals surface area (Å²) in [5.74, 6) is -0.337. The monoisotopic (exact) mass is 400 g/mol. The van der Waals surface area contributed by atoms with Gasteiger partial charge in [-0.1, -0.05) is 12.1 Å². The fourth-order valence-corrected chi connectivity index (χ4v) is 3.64. The van der Waals surface area contributed by atoms with E-state index in [-0.39, 0.29) is 22.9 Å². The highest BCUT2D eigenvalue weighted by atomic mass is 32.2. The number of nitrogen functional groups attached to an aromatic ring is 1. The van der Waals surface area contributed by atoms with Gasteiger partial charge in [0.25, 0.3) is 0 Å². The standard InChI is InChI=1S/C19H20N4O4S/c1-4-27-19(24)15-11-21-18(20)17-14(15)8-9-16(22-17)12-6-5-7-13(10-12)28(25,26)23(2)3/h5-11H,4H2,1-3H3,(H2,20,21). The fraction of sp³-hybridized carbons (Fsp3) is 0.211. The summed E-state index contributed by atoms with van der Waals surface area (Å²) in [5.41, 5.74) is 7.69. The molecule has 0 aliphatic rings. The van der Waals surface area contributed by atoms with Crippen LogP contribution in [0.1, 0.15) is 17.3 Å². The second-order valence-corrected chi connectivity index (χ2v) is 8.34. The quantitative estimate of drug-likeness (QED) is 0.653. The highest BCUT2D eigenvalue weighted by Gasteiger charge is 2.19. The summed E-state index contributed by atoms with van der Waals surface area (Å²) >= 11 is 0. The number of carbonyl (C=O) groups excluding carboxylic acids is 1. The average Bonchev–Trinajstić information content (AvgIpc) is 2.68. The van der Waals surface area contributed by atoms with Crippen LogP contribution in [0.4, 0.5) is 5.82 Å². The topological polar surface area (TPSA) is 115 Å². The van der Waals surface area contributed by atoms with Gasteiger partial charge in [0.05, 0.1) is 22.8 Å². The van der Waals surface area contributed by atoms with Gasteiger partial charge < -0.3 is 10.5 Å². The molecule has 0 saturated carbocycles. The number of benzene rings is 1.